The van der Waals surface area contributed by atoms with E-state index < -0.39 is 0 Å². The first-order valence-corrected chi connectivity index (χ1v) is 7.34. The van der Waals surface area contributed by atoms with Gasteiger partial charge in [-0.3, -0.25) is 9.69 Å². The SMILES string of the molecule is CCCCCCC1NC(=S)N(c2ccccc2)C1=O. The van der Waals surface area contributed by atoms with Crippen LogP contribution in [0.15, 0.2) is 30.3 Å². The number of hydrogen-bond donors (Lipinski definition) is 1. The van der Waals surface area contributed by atoms with Crippen molar-refractivity contribution >= 4 is 28.9 Å². The molecule has 19 heavy (non-hydrogen) atoms. The Morgan fingerprint density at radius 1 is 1.21 bits per heavy atom. The van der Waals surface area contributed by atoms with Crippen LogP contribution in [0.25, 0.3) is 0 Å². The van der Waals surface area contributed by atoms with Crippen LogP contribution in [0.2, 0.25) is 0 Å². The van der Waals surface area contributed by atoms with Gasteiger partial charge in [0.25, 0.3) is 5.91 Å². The van der Waals surface area contributed by atoms with E-state index in [9.17, 15) is 4.79 Å². The van der Waals surface area contributed by atoms with Crippen LogP contribution in [0.5, 0.6) is 0 Å². The van der Waals surface area contributed by atoms with E-state index in [-0.39, 0.29) is 11.9 Å². The van der Waals surface area contributed by atoms with Crippen LogP contribution in [0.4, 0.5) is 5.69 Å². The summed E-state index contributed by atoms with van der Waals surface area (Å²) in [5.74, 6) is 0.0766. The van der Waals surface area contributed by atoms with Crippen molar-refractivity contribution in [2.75, 3.05) is 4.90 Å². The van der Waals surface area contributed by atoms with E-state index in [1.54, 1.807) is 4.90 Å². The Morgan fingerprint density at radius 2 is 1.95 bits per heavy atom. The van der Waals surface area contributed by atoms with Crippen molar-refractivity contribution < 1.29 is 4.79 Å². The molecule has 4 heteroatoms. The highest BCUT2D eigenvalue weighted by molar-refractivity contribution is 7.80. The number of thiocarbonyl (C=S) groups is 1. The zero-order valence-electron chi connectivity index (χ0n) is 11.3. The smallest absolute Gasteiger partial charge is 0.255 e. The monoisotopic (exact) mass is 276 g/mol. The van der Waals surface area contributed by atoms with Gasteiger partial charge in [-0.15, -0.1) is 0 Å². The number of hydrogen-bond acceptors (Lipinski definition) is 2. The lowest BCUT2D eigenvalue weighted by atomic mass is 10.1. The lowest BCUT2D eigenvalue weighted by Crippen LogP contribution is -2.31. The summed E-state index contributed by atoms with van der Waals surface area (Å²) in [6.45, 7) is 2.19. The Bertz CT molecular complexity index is 447. The average molecular weight is 276 g/mol. The normalized spacial score (nSPS) is 18.8. The molecule has 1 atom stereocenters. The minimum atomic E-state index is -0.149. The summed E-state index contributed by atoms with van der Waals surface area (Å²) in [5, 5.41) is 3.66. The first-order chi connectivity index (χ1) is 9.24. The zero-order valence-corrected chi connectivity index (χ0v) is 12.1. The number of unbranched alkanes of at least 4 members (excludes halogenated alkanes) is 3. The fraction of sp³-hybridized carbons (Fsp3) is 0.467. The molecule has 0 aromatic heterocycles. The second-order valence-corrected chi connectivity index (χ2v) is 5.25. The van der Waals surface area contributed by atoms with Crippen molar-refractivity contribution in [3.63, 3.8) is 0 Å². The summed E-state index contributed by atoms with van der Waals surface area (Å²) in [6, 6.07) is 9.43. The molecule has 1 amide bonds. The second-order valence-electron chi connectivity index (χ2n) is 4.86. The van der Waals surface area contributed by atoms with Crippen LogP contribution in [0.3, 0.4) is 0 Å². The first kappa shape index (κ1) is 14.0. The Hall–Kier alpha value is -1.42. The summed E-state index contributed by atoms with van der Waals surface area (Å²) in [4.78, 5) is 14.0. The fourth-order valence-corrected chi connectivity index (χ4v) is 2.66. The molecule has 1 fully saturated rings. The number of nitrogens with zero attached hydrogens (tertiary/aromatic N) is 1. The average Bonchev–Trinajstić information content (AvgIpc) is 2.71. The van der Waals surface area contributed by atoms with Crippen molar-refractivity contribution in [3.05, 3.63) is 30.3 Å². The third-order valence-electron chi connectivity index (χ3n) is 3.38. The molecule has 1 aliphatic rings. The van der Waals surface area contributed by atoms with E-state index >= 15 is 0 Å². The zero-order chi connectivity index (χ0) is 13.7. The van der Waals surface area contributed by atoms with Crippen molar-refractivity contribution in [2.24, 2.45) is 0 Å². The van der Waals surface area contributed by atoms with Crippen LogP contribution in [-0.2, 0) is 4.79 Å². The van der Waals surface area contributed by atoms with E-state index in [0.29, 0.717) is 5.11 Å². The maximum atomic E-state index is 12.4. The summed E-state index contributed by atoms with van der Waals surface area (Å²) in [7, 11) is 0. The molecule has 0 aliphatic carbocycles. The third kappa shape index (κ3) is 3.32. The number of carbonyl (C=O) groups is 1. The molecular formula is C15H20N2OS. The van der Waals surface area contributed by atoms with Crippen LogP contribution in [0.1, 0.15) is 39.0 Å². The van der Waals surface area contributed by atoms with Crippen LogP contribution in [-0.4, -0.2) is 17.1 Å². The lowest BCUT2D eigenvalue weighted by Gasteiger charge is -2.14. The van der Waals surface area contributed by atoms with Crippen LogP contribution in [0, 0.1) is 0 Å². The van der Waals surface area contributed by atoms with Crippen LogP contribution >= 0.6 is 12.2 Å². The van der Waals surface area contributed by atoms with Crippen molar-refractivity contribution in [2.45, 2.75) is 45.1 Å². The minimum absolute atomic E-state index is 0.0766. The van der Waals surface area contributed by atoms with E-state index in [1.165, 1.54) is 19.3 Å². The molecule has 2 rings (SSSR count). The molecule has 0 spiro atoms. The molecule has 102 valence electrons. The van der Waals surface area contributed by atoms with Crippen molar-refractivity contribution in [3.8, 4) is 0 Å². The number of rotatable bonds is 6. The van der Waals surface area contributed by atoms with Gasteiger partial charge in [0, 0.05) is 0 Å². The Morgan fingerprint density at radius 3 is 2.63 bits per heavy atom. The molecular weight excluding hydrogens is 256 g/mol. The second kappa shape index (κ2) is 6.66. The molecule has 0 saturated carbocycles. The Balaban J connectivity index is 1.97. The minimum Gasteiger partial charge on any atom is -0.350 e. The standard InChI is InChI=1S/C15H20N2OS/c1-2-3-4-8-11-13-14(18)17(15(19)16-13)12-9-6-5-7-10-12/h5-7,9-10,13H,2-4,8,11H2,1H3,(H,16,19). The number of benzene rings is 1. The van der Waals surface area contributed by atoms with E-state index in [1.807, 2.05) is 30.3 Å². The predicted octanol–water partition coefficient (Wildman–Crippen LogP) is 3.25. The summed E-state index contributed by atoms with van der Waals surface area (Å²) < 4.78 is 0. The number of para-hydroxylation sites is 1. The summed E-state index contributed by atoms with van der Waals surface area (Å²) in [6.07, 6.45) is 5.55. The number of nitrogens with one attached hydrogen (secondary N) is 1. The van der Waals surface area contributed by atoms with E-state index in [4.69, 9.17) is 12.2 Å². The maximum Gasteiger partial charge on any atom is 0.255 e. The van der Waals surface area contributed by atoms with Gasteiger partial charge in [-0.2, -0.15) is 0 Å². The fourth-order valence-electron chi connectivity index (χ4n) is 2.32. The maximum absolute atomic E-state index is 12.4. The number of anilines is 1. The molecule has 1 aromatic carbocycles. The quantitative estimate of drug-likeness (QED) is 0.639. The van der Waals surface area contributed by atoms with Crippen LogP contribution < -0.4 is 10.2 Å². The molecule has 1 saturated heterocycles. The molecule has 3 nitrogen and oxygen atoms in total. The van der Waals surface area contributed by atoms with Gasteiger partial charge in [-0.1, -0.05) is 50.8 Å². The molecule has 1 aromatic rings. The van der Waals surface area contributed by atoms with Gasteiger partial charge >= 0.3 is 0 Å². The predicted molar refractivity (Wildman–Crippen MR) is 82.2 cm³/mol. The molecule has 0 bridgehead atoms. The lowest BCUT2D eigenvalue weighted by molar-refractivity contribution is -0.118. The van der Waals surface area contributed by atoms with Gasteiger partial charge < -0.3 is 5.32 Å². The van der Waals surface area contributed by atoms with Gasteiger partial charge in [0.15, 0.2) is 5.11 Å². The van der Waals surface area contributed by atoms with Crippen molar-refractivity contribution in [1.82, 2.24) is 5.32 Å². The van der Waals surface area contributed by atoms with Gasteiger partial charge in [0.2, 0.25) is 0 Å². The number of amides is 1. The first-order valence-electron chi connectivity index (χ1n) is 6.93. The summed E-state index contributed by atoms with van der Waals surface area (Å²) >= 11 is 5.27. The molecule has 1 aliphatic heterocycles. The Labute approximate surface area is 120 Å². The highest BCUT2D eigenvalue weighted by Gasteiger charge is 2.35. The van der Waals surface area contributed by atoms with Gasteiger partial charge in [-0.05, 0) is 30.8 Å². The Kier molecular flexibility index (Phi) is 4.91. The van der Waals surface area contributed by atoms with Gasteiger partial charge in [0.1, 0.15) is 6.04 Å². The number of carbonyl (C=O) groups excluding carboxylic acids is 1. The van der Waals surface area contributed by atoms with Gasteiger partial charge in [0.05, 0.1) is 5.69 Å². The molecule has 0 radical (unpaired) electrons. The highest BCUT2D eigenvalue weighted by atomic mass is 32.1. The van der Waals surface area contributed by atoms with Gasteiger partial charge in [-0.25, -0.2) is 0 Å². The molecule has 1 heterocycles. The molecule has 1 N–H and O–H groups in total. The van der Waals surface area contributed by atoms with Crippen molar-refractivity contribution in [1.29, 1.82) is 0 Å². The van der Waals surface area contributed by atoms with E-state index in [2.05, 4.69) is 12.2 Å². The summed E-state index contributed by atoms with van der Waals surface area (Å²) in [5.41, 5.74) is 0.848. The van der Waals surface area contributed by atoms with E-state index in [0.717, 1.165) is 18.5 Å². The largest absolute Gasteiger partial charge is 0.350 e. The highest BCUT2D eigenvalue weighted by Crippen LogP contribution is 2.21. The third-order valence-corrected chi connectivity index (χ3v) is 3.68. The molecule has 1 unspecified atom stereocenters. The topological polar surface area (TPSA) is 32.3 Å².